The number of hydrogen-bond acceptors (Lipinski definition) is 10. The summed E-state index contributed by atoms with van der Waals surface area (Å²) in [5.41, 5.74) is 13.2. The van der Waals surface area contributed by atoms with Crippen LogP contribution in [0.15, 0.2) is 144 Å². The van der Waals surface area contributed by atoms with Crippen LogP contribution in [0.3, 0.4) is 0 Å². The Hall–Kier alpha value is -6.19. The first-order valence-electron chi connectivity index (χ1n) is 13.0. The summed E-state index contributed by atoms with van der Waals surface area (Å²) in [7, 11) is 0. The predicted molar refractivity (Wildman–Crippen MR) is 159 cm³/mol. The Kier molecular flexibility index (Phi) is 6.90. The van der Waals surface area contributed by atoms with E-state index in [9.17, 15) is 0 Å². The highest BCUT2D eigenvalue weighted by atomic mass is 15.5. The van der Waals surface area contributed by atoms with Gasteiger partial charge in [-0.25, -0.2) is 30.6 Å². The number of nitrogens with zero attached hydrogens (tertiary/aromatic N) is 14. The maximum atomic E-state index is 6.34. The zero-order valence-electron chi connectivity index (χ0n) is 22.3. The molecule has 0 aromatic carbocycles. The minimum atomic E-state index is -2.17. The van der Waals surface area contributed by atoms with Crippen LogP contribution in [0.25, 0.3) is 0 Å². The zero-order valence-corrected chi connectivity index (χ0v) is 22.3. The van der Waals surface area contributed by atoms with Crippen LogP contribution in [0.2, 0.25) is 0 Å². The molecule has 0 fully saturated rings. The fourth-order valence-corrected chi connectivity index (χ4v) is 4.72. The van der Waals surface area contributed by atoms with E-state index >= 15 is 0 Å². The molecule has 6 aromatic rings. The van der Waals surface area contributed by atoms with Crippen LogP contribution in [0, 0.1) is 0 Å². The molecule has 0 unspecified atom stereocenters. The lowest BCUT2D eigenvalue weighted by atomic mass is 9.76. The monoisotopic (exact) mass is 560 g/mol. The molecule has 4 N–H and O–H groups in total. The minimum absolute atomic E-state index is 0.270. The van der Waals surface area contributed by atoms with Gasteiger partial charge in [0.2, 0.25) is 0 Å². The van der Waals surface area contributed by atoms with E-state index in [2.05, 4.69) is 30.6 Å². The average molecular weight is 560 g/mol. The molecule has 0 saturated heterocycles. The van der Waals surface area contributed by atoms with Gasteiger partial charge in [0, 0.05) is 37.2 Å². The van der Waals surface area contributed by atoms with E-state index in [0.29, 0.717) is 0 Å². The lowest BCUT2D eigenvalue weighted by Gasteiger charge is -2.37. The largest absolute Gasteiger partial charge is 0.461 e. The molecule has 42 heavy (non-hydrogen) atoms. The Morgan fingerprint density at radius 2 is 0.690 bits per heavy atom. The molecule has 210 valence electrons. The molecule has 0 bridgehead atoms. The maximum absolute atomic E-state index is 6.34. The van der Waals surface area contributed by atoms with E-state index in [1.165, 1.54) is 0 Å². The number of allylic oxidation sites excluding steroid dienone is 2. The van der Waals surface area contributed by atoms with E-state index in [-0.39, 0.29) is 11.4 Å². The summed E-state index contributed by atoms with van der Waals surface area (Å²) >= 11 is 0. The standard InChI is InChI=1S/C24H26B2N16/c27-23(7-15-29-25(37-17-1-9-31-37,38-18-2-10-32-38)39-19-3-11-33-39)24(28)8-16-30-26(40-20-4-12-34-40,41-21-5-13-35-41)42-22-6-14-36-42/h1-22H,27-28H2/q-2. The molecule has 0 atom stereocenters. The van der Waals surface area contributed by atoms with Crippen molar-refractivity contribution in [3.63, 3.8) is 0 Å². The van der Waals surface area contributed by atoms with Crippen molar-refractivity contribution in [3.8, 4) is 0 Å². The lowest BCUT2D eigenvalue weighted by molar-refractivity contribution is 0.721. The van der Waals surface area contributed by atoms with Gasteiger partial charge in [-0.1, -0.05) is 0 Å². The summed E-state index contributed by atoms with van der Waals surface area (Å²) in [6.45, 7) is -4.34. The second kappa shape index (κ2) is 11.1. The number of hydrogen-bond donors (Lipinski definition) is 2. The van der Waals surface area contributed by atoms with Crippen LogP contribution in [-0.2, 0) is 0 Å². The summed E-state index contributed by atoms with van der Waals surface area (Å²) in [4.78, 5) is 9.72. The van der Waals surface area contributed by atoms with Crippen molar-refractivity contribution >= 4 is 25.8 Å². The van der Waals surface area contributed by atoms with Gasteiger partial charge in [0.05, 0.1) is 11.4 Å². The quantitative estimate of drug-likeness (QED) is 0.128. The Morgan fingerprint density at radius 3 is 0.881 bits per heavy atom. The maximum Gasteiger partial charge on any atom is 0.461 e. The van der Waals surface area contributed by atoms with Crippen LogP contribution < -0.4 is 11.5 Å². The van der Waals surface area contributed by atoms with Crippen molar-refractivity contribution in [1.82, 2.24) is 58.1 Å². The van der Waals surface area contributed by atoms with Gasteiger partial charge in [0.25, 0.3) is 0 Å². The van der Waals surface area contributed by atoms with Gasteiger partial charge in [-0.2, -0.15) is 0 Å². The van der Waals surface area contributed by atoms with Crippen molar-refractivity contribution in [2.24, 2.45) is 21.3 Å². The highest BCUT2D eigenvalue weighted by molar-refractivity contribution is 6.74. The van der Waals surface area contributed by atoms with E-state index < -0.39 is 13.4 Å². The molecular weight excluding hydrogens is 534 g/mol. The first-order valence-corrected chi connectivity index (χ1v) is 13.0. The zero-order chi connectivity index (χ0) is 28.8. The molecule has 0 spiro atoms. The first kappa shape index (κ1) is 26.1. The molecule has 6 rings (SSSR count). The third-order valence-corrected chi connectivity index (χ3v) is 6.69. The Bertz CT molecular complexity index is 1480. The molecule has 6 heterocycles. The fourth-order valence-electron chi connectivity index (χ4n) is 4.72. The molecular formula is C24H26B2N16-2. The molecule has 0 aliphatic rings. The van der Waals surface area contributed by atoms with Crippen LogP contribution in [0.4, 0.5) is 0 Å². The summed E-state index contributed by atoms with van der Waals surface area (Å²) in [6, 6.07) is 10.8. The van der Waals surface area contributed by atoms with Gasteiger partial charge in [0.1, 0.15) is 0 Å². The molecule has 16 nitrogen and oxygen atoms in total. The van der Waals surface area contributed by atoms with Gasteiger partial charge < -0.3 is 48.8 Å². The number of rotatable bonds is 11. The van der Waals surface area contributed by atoms with E-state index in [4.69, 9.17) is 21.3 Å². The van der Waals surface area contributed by atoms with Crippen molar-refractivity contribution < 1.29 is 0 Å². The predicted octanol–water partition coefficient (Wildman–Crippen LogP) is 0.153. The van der Waals surface area contributed by atoms with E-state index in [1.807, 2.05) is 0 Å². The van der Waals surface area contributed by atoms with Crippen molar-refractivity contribution in [2.45, 2.75) is 0 Å². The smallest absolute Gasteiger partial charge is 0.436 e. The lowest BCUT2D eigenvalue weighted by Crippen LogP contribution is -2.58. The second-order valence-corrected chi connectivity index (χ2v) is 9.14. The van der Waals surface area contributed by atoms with Crippen LogP contribution in [0.5, 0.6) is 0 Å². The Morgan fingerprint density at radius 1 is 0.452 bits per heavy atom. The van der Waals surface area contributed by atoms with Gasteiger partial charge in [-0.3, -0.25) is 0 Å². The number of nitrogens with two attached hydrogens (primary N) is 2. The number of aromatic nitrogens is 12. The third-order valence-electron chi connectivity index (χ3n) is 6.69. The average Bonchev–Trinajstić information content (AvgIpc) is 3.87. The summed E-state index contributed by atoms with van der Waals surface area (Å²) < 4.78 is 10.1. The van der Waals surface area contributed by atoms with Crippen LogP contribution in [0.1, 0.15) is 0 Å². The Balaban J connectivity index is 1.34. The molecule has 0 aliphatic heterocycles. The summed E-state index contributed by atoms with van der Waals surface area (Å²) in [5.74, 6) is 0. The summed E-state index contributed by atoms with van der Waals surface area (Å²) in [6.07, 6.45) is 27.1. The topological polar surface area (TPSA) is 184 Å². The fraction of sp³-hybridized carbons (Fsp3) is 0. The van der Waals surface area contributed by atoms with E-state index in [1.54, 1.807) is 163 Å². The van der Waals surface area contributed by atoms with Gasteiger partial charge in [-0.15, -0.1) is 0 Å². The highest BCUT2D eigenvalue weighted by Gasteiger charge is 2.35. The minimum Gasteiger partial charge on any atom is -0.436 e. The molecule has 18 heteroatoms. The third kappa shape index (κ3) is 4.51. The molecule has 6 aromatic heterocycles. The molecule has 0 saturated carbocycles. The van der Waals surface area contributed by atoms with Gasteiger partial charge in [-0.05, 0) is 98.2 Å². The normalized spacial score (nSPS) is 13.5. The van der Waals surface area contributed by atoms with Crippen LogP contribution in [-0.4, -0.2) is 83.9 Å². The molecule has 0 radical (unpaired) electrons. The van der Waals surface area contributed by atoms with Gasteiger partial charge in [0.15, 0.2) is 0 Å². The second-order valence-electron chi connectivity index (χ2n) is 9.14. The highest BCUT2D eigenvalue weighted by Crippen LogP contribution is 2.14. The first-order chi connectivity index (χ1) is 20.6. The van der Waals surface area contributed by atoms with Gasteiger partial charge >= 0.3 is 13.4 Å². The van der Waals surface area contributed by atoms with Crippen molar-refractivity contribution in [3.05, 3.63) is 134 Å². The van der Waals surface area contributed by atoms with Crippen molar-refractivity contribution in [1.29, 1.82) is 0 Å². The SMILES string of the molecule is NC(=CC=N[B-](n1cccn1)(n1cccn1)n1cccn1)C(N)=CC=N[B-](n1cccn1)(n1cccn1)n1cccn1. The van der Waals surface area contributed by atoms with E-state index in [0.717, 1.165) is 0 Å². The Labute approximate surface area is 239 Å². The molecule has 0 aliphatic carbocycles. The van der Waals surface area contributed by atoms with Crippen LogP contribution >= 0.6 is 0 Å². The van der Waals surface area contributed by atoms with Crippen molar-refractivity contribution in [2.75, 3.05) is 0 Å². The molecule has 0 amide bonds. The summed E-state index contributed by atoms with van der Waals surface area (Å²) in [5, 5.41) is 26.7.